The van der Waals surface area contributed by atoms with Crippen LogP contribution < -0.4 is 10.2 Å². The summed E-state index contributed by atoms with van der Waals surface area (Å²) < 4.78 is 27.2. The number of aromatic carboxylic acids is 1. The number of fused-ring (bicyclic) bond motifs is 1. The van der Waals surface area contributed by atoms with Gasteiger partial charge in [0.15, 0.2) is 11.0 Å². The molecule has 1 aliphatic heterocycles. The summed E-state index contributed by atoms with van der Waals surface area (Å²) in [6.45, 7) is 4.13. The van der Waals surface area contributed by atoms with Crippen LogP contribution in [0.1, 0.15) is 47.3 Å². The van der Waals surface area contributed by atoms with E-state index in [1.54, 1.807) is 23.1 Å². The lowest BCUT2D eigenvalue weighted by atomic mass is 10.0. The Labute approximate surface area is 189 Å². The van der Waals surface area contributed by atoms with Gasteiger partial charge in [0.2, 0.25) is 0 Å². The number of alkyl halides is 2. The molecule has 2 heterocycles. The number of hydrogen-bond donors (Lipinski definition) is 2. The fraction of sp³-hybridized carbons (Fsp3) is 0.348. The standard InChI is InChI=1S/C23H23ClF2N4O2/c1-13-11-16(14(2)27-17-6-4-3-5-15(17)22(31)32)19-18(12-13)28-20(24)21(29-19)30-9-7-23(25,26)8-10-30/h3-6,11-12,14,27H,7-10H2,1-2H3,(H,31,32)/t14-/m1/s1. The summed E-state index contributed by atoms with van der Waals surface area (Å²) in [4.78, 5) is 22.6. The predicted octanol–water partition coefficient (Wildman–Crippen LogP) is 5.70. The molecular weight excluding hydrogens is 438 g/mol. The maximum atomic E-state index is 13.6. The van der Waals surface area contributed by atoms with Crippen molar-refractivity contribution in [1.82, 2.24) is 9.97 Å². The number of carboxylic acid groups (broad SMARTS) is 1. The Hall–Kier alpha value is -3.00. The van der Waals surface area contributed by atoms with Gasteiger partial charge in [-0.15, -0.1) is 0 Å². The third kappa shape index (κ3) is 4.46. The van der Waals surface area contributed by atoms with Gasteiger partial charge in [0.25, 0.3) is 5.92 Å². The zero-order valence-corrected chi connectivity index (χ0v) is 18.5. The van der Waals surface area contributed by atoms with Crippen molar-refractivity contribution >= 4 is 40.1 Å². The Morgan fingerprint density at radius 2 is 1.91 bits per heavy atom. The van der Waals surface area contributed by atoms with Gasteiger partial charge in [0.1, 0.15) is 0 Å². The van der Waals surface area contributed by atoms with Gasteiger partial charge in [-0.1, -0.05) is 29.8 Å². The van der Waals surface area contributed by atoms with E-state index < -0.39 is 11.9 Å². The maximum Gasteiger partial charge on any atom is 0.337 e. The second-order valence-electron chi connectivity index (χ2n) is 8.12. The first-order chi connectivity index (χ1) is 15.1. The second kappa shape index (κ2) is 8.50. The number of carboxylic acids is 1. The first-order valence-electron chi connectivity index (χ1n) is 10.3. The van der Waals surface area contributed by atoms with Crippen molar-refractivity contribution in [3.63, 3.8) is 0 Å². The van der Waals surface area contributed by atoms with Crippen LogP contribution in [-0.2, 0) is 0 Å². The summed E-state index contributed by atoms with van der Waals surface area (Å²) in [6.07, 6.45) is -0.512. The lowest BCUT2D eigenvalue weighted by molar-refractivity contribution is -0.0221. The van der Waals surface area contributed by atoms with Crippen molar-refractivity contribution in [3.05, 3.63) is 58.2 Å². The van der Waals surface area contributed by atoms with Crippen LogP contribution in [0.25, 0.3) is 11.0 Å². The van der Waals surface area contributed by atoms with Crippen LogP contribution in [0.5, 0.6) is 0 Å². The average molecular weight is 461 g/mol. The van der Waals surface area contributed by atoms with Gasteiger partial charge >= 0.3 is 5.97 Å². The predicted molar refractivity (Wildman–Crippen MR) is 121 cm³/mol. The molecule has 1 saturated heterocycles. The molecule has 1 atom stereocenters. The Bertz CT molecular complexity index is 1180. The fourth-order valence-corrected chi connectivity index (χ4v) is 4.24. The van der Waals surface area contributed by atoms with E-state index in [9.17, 15) is 18.7 Å². The van der Waals surface area contributed by atoms with Gasteiger partial charge in [-0.25, -0.2) is 23.5 Å². The minimum Gasteiger partial charge on any atom is -0.478 e. The topological polar surface area (TPSA) is 78.3 Å². The number of aromatic nitrogens is 2. The molecule has 9 heteroatoms. The zero-order valence-electron chi connectivity index (χ0n) is 17.7. The summed E-state index contributed by atoms with van der Waals surface area (Å²) in [5.41, 5.74) is 3.61. The van der Waals surface area contributed by atoms with E-state index >= 15 is 0 Å². The monoisotopic (exact) mass is 460 g/mol. The highest BCUT2D eigenvalue weighted by atomic mass is 35.5. The lowest BCUT2D eigenvalue weighted by Crippen LogP contribution is -2.40. The first-order valence-corrected chi connectivity index (χ1v) is 10.7. The Kier molecular flexibility index (Phi) is 5.90. The number of nitrogens with one attached hydrogen (secondary N) is 1. The summed E-state index contributed by atoms with van der Waals surface area (Å²) in [5, 5.41) is 12.9. The molecule has 0 radical (unpaired) electrons. The molecule has 3 aromatic rings. The second-order valence-corrected chi connectivity index (χ2v) is 8.48. The van der Waals surface area contributed by atoms with Gasteiger partial charge in [-0.3, -0.25) is 0 Å². The number of hydrogen-bond acceptors (Lipinski definition) is 5. The van der Waals surface area contributed by atoms with E-state index in [0.717, 1.165) is 11.1 Å². The largest absolute Gasteiger partial charge is 0.478 e. The number of benzene rings is 2. The Balaban J connectivity index is 1.73. The van der Waals surface area contributed by atoms with Crippen LogP contribution in [0.3, 0.4) is 0 Å². The Morgan fingerprint density at radius 1 is 1.22 bits per heavy atom. The molecule has 6 nitrogen and oxygen atoms in total. The fourth-order valence-electron chi connectivity index (χ4n) is 3.99. The van der Waals surface area contributed by atoms with Crippen molar-refractivity contribution in [1.29, 1.82) is 0 Å². The maximum absolute atomic E-state index is 13.6. The molecule has 2 N–H and O–H groups in total. The van der Waals surface area contributed by atoms with Gasteiger partial charge < -0.3 is 15.3 Å². The van der Waals surface area contributed by atoms with E-state index in [1.807, 2.05) is 26.0 Å². The third-order valence-electron chi connectivity index (χ3n) is 5.67. The molecule has 0 bridgehead atoms. The molecule has 1 aromatic heterocycles. The van der Waals surface area contributed by atoms with Gasteiger partial charge in [0.05, 0.1) is 22.6 Å². The van der Waals surface area contributed by atoms with Gasteiger partial charge in [-0.05, 0) is 37.6 Å². The number of para-hydroxylation sites is 1. The van der Waals surface area contributed by atoms with Crippen LogP contribution in [-0.4, -0.2) is 40.1 Å². The number of rotatable bonds is 5. The third-order valence-corrected chi connectivity index (χ3v) is 5.93. The number of aryl methyl sites for hydroxylation is 1. The van der Waals surface area contributed by atoms with E-state index in [0.29, 0.717) is 22.5 Å². The molecule has 0 amide bonds. The van der Waals surface area contributed by atoms with E-state index in [4.69, 9.17) is 16.6 Å². The minimum absolute atomic E-state index is 0.147. The molecule has 2 aromatic carbocycles. The summed E-state index contributed by atoms with van der Waals surface area (Å²) in [5.74, 6) is -3.31. The highest BCUT2D eigenvalue weighted by Crippen LogP contribution is 2.35. The van der Waals surface area contributed by atoms with Crippen LogP contribution in [0.15, 0.2) is 36.4 Å². The highest BCUT2D eigenvalue weighted by molar-refractivity contribution is 6.32. The molecule has 1 fully saturated rings. The SMILES string of the molecule is Cc1cc([C@@H](C)Nc2ccccc2C(=O)O)c2nc(N3CCC(F)(F)CC3)c(Cl)nc2c1. The van der Waals surface area contributed by atoms with Crippen molar-refractivity contribution < 1.29 is 18.7 Å². The van der Waals surface area contributed by atoms with Gasteiger partial charge in [0, 0.05) is 37.2 Å². The van der Waals surface area contributed by atoms with Crippen molar-refractivity contribution in [2.75, 3.05) is 23.3 Å². The molecule has 1 aliphatic rings. The number of piperidine rings is 1. The smallest absolute Gasteiger partial charge is 0.337 e. The molecule has 4 rings (SSSR count). The van der Waals surface area contributed by atoms with Crippen molar-refractivity contribution in [2.45, 2.75) is 38.7 Å². The number of halogens is 3. The quantitative estimate of drug-likeness (QED) is 0.508. The zero-order chi connectivity index (χ0) is 23.0. The normalized spacial score (nSPS) is 16.7. The number of carbonyl (C=O) groups is 1. The summed E-state index contributed by atoms with van der Waals surface area (Å²) in [7, 11) is 0. The molecule has 0 unspecified atom stereocenters. The van der Waals surface area contributed by atoms with Gasteiger partial charge in [-0.2, -0.15) is 0 Å². The molecular formula is C23H23ClF2N4O2. The van der Waals surface area contributed by atoms with Crippen LogP contribution >= 0.6 is 11.6 Å². The summed E-state index contributed by atoms with van der Waals surface area (Å²) >= 11 is 6.39. The number of anilines is 2. The van der Waals surface area contributed by atoms with Crippen molar-refractivity contribution in [2.24, 2.45) is 0 Å². The molecule has 32 heavy (non-hydrogen) atoms. The minimum atomic E-state index is -2.68. The summed E-state index contributed by atoms with van der Waals surface area (Å²) in [6, 6.07) is 10.2. The molecule has 0 saturated carbocycles. The van der Waals surface area contributed by atoms with Crippen molar-refractivity contribution in [3.8, 4) is 0 Å². The average Bonchev–Trinajstić information content (AvgIpc) is 2.73. The van der Waals surface area contributed by atoms with E-state index in [2.05, 4.69) is 10.3 Å². The first kappa shape index (κ1) is 22.2. The van der Waals surface area contributed by atoms with Crippen LogP contribution in [0, 0.1) is 6.92 Å². The highest BCUT2D eigenvalue weighted by Gasteiger charge is 2.35. The lowest BCUT2D eigenvalue weighted by Gasteiger charge is -2.33. The number of nitrogens with zero attached hydrogens (tertiary/aromatic N) is 3. The van der Waals surface area contributed by atoms with E-state index in [-0.39, 0.29) is 42.7 Å². The van der Waals surface area contributed by atoms with Crippen LogP contribution in [0.2, 0.25) is 5.15 Å². The van der Waals surface area contributed by atoms with Crippen LogP contribution in [0.4, 0.5) is 20.3 Å². The Morgan fingerprint density at radius 3 is 2.59 bits per heavy atom. The van der Waals surface area contributed by atoms with E-state index in [1.165, 1.54) is 6.07 Å². The molecule has 0 aliphatic carbocycles. The molecule has 0 spiro atoms. The molecule has 168 valence electrons.